The number of nitrogens with zero attached hydrogens (tertiary/aromatic N) is 2. The Kier molecular flexibility index (Phi) is 7.75. The molecule has 1 aliphatic heterocycles. The Labute approximate surface area is 144 Å². The van der Waals surface area contributed by atoms with E-state index in [9.17, 15) is 4.79 Å². The fourth-order valence-electron chi connectivity index (χ4n) is 5.08. The van der Waals surface area contributed by atoms with Gasteiger partial charge >= 0.3 is 5.97 Å². The van der Waals surface area contributed by atoms with Crippen LogP contribution < -0.4 is 0 Å². The molecule has 0 N–H and O–H groups in total. The first-order valence-electron chi connectivity index (χ1n) is 9.23. The van der Waals surface area contributed by atoms with Crippen molar-refractivity contribution in [1.29, 1.82) is 0 Å². The number of rotatable bonds is 7. The van der Waals surface area contributed by atoms with Gasteiger partial charge in [-0.05, 0) is 16.6 Å². The molecule has 23 heavy (non-hydrogen) atoms. The zero-order chi connectivity index (χ0) is 17.8. The molecule has 4 nitrogen and oxygen atoms in total. The molecule has 1 fully saturated rings. The van der Waals surface area contributed by atoms with Crippen molar-refractivity contribution in [3.05, 3.63) is 0 Å². The topological polar surface area (TPSA) is 32.8 Å². The summed E-state index contributed by atoms with van der Waals surface area (Å²) < 4.78 is 7.71. The van der Waals surface area contributed by atoms with Gasteiger partial charge in [0.2, 0.25) is 0 Å². The normalized spacial score (nSPS) is 19.6. The van der Waals surface area contributed by atoms with Crippen molar-refractivity contribution >= 4 is 14.2 Å². The molecule has 1 saturated heterocycles. The van der Waals surface area contributed by atoms with Gasteiger partial charge in [-0.25, -0.2) is 0 Å². The standard InChI is InChI=1S/C18H38N2O2Si/c1-14(2)23(15(3)4,16(5)6)20-11-9-19(10-12-20)13-17(7)18(21)22-8/h14-17H,9-13H2,1-8H3. The van der Waals surface area contributed by atoms with Crippen molar-refractivity contribution in [3.8, 4) is 0 Å². The van der Waals surface area contributed by atoms with Crippen molar-refractivity contribution < 1.29 is 9.53 Å². The van der Waals surface area contributed by atoms with Gasteiger partial charge in [-0.1, -0.05) is 48.5 Å². The molecule has 0 amide bonds. The van der Waals surface area contributed by atoms with Crippen LogP contribution in [0.3, 0.4) is 0 Å². The Bertz CT molecular complexity index is 355. The lowest BCUT2D eigenvalue weighted by atomic mass is 10.1. The Hall–Kier alpha value is -0.393. The molecule has 0 spiro atoms. The van der Waals surface area contributed by atoms with Crippen LogP contribution >= 0.6 is 0 Å². The minimum atomic E-state index is -1.51. The minimum Gasteiger partial charge on any atom is -0.469 e. The number of carbonyl (C=O) groups is 1. The summed E-state index contributed by atoms with van der Waals surface area (Å²) >= 11 is 0. The summed E-state index contributed by atoms with van der Waals surface area (Å²) in [6.07, 6.45) is 0. The van der Waals surface area contributed by atoms with Gasteiger partial charge in [0, 0.05) is 32.7 Å². The average molecular weight is 343 g/mol. The molecule has 136 valence electrons. The number of piperazine rings is 1. The van der Waals surface area contributed by atoms with Gasteiger partial charge in [-0.3, -0.25) is 4.79 Å². The van der Waals surface area contributed by atoms with E-state index < -0.39 is 8.24 Å². The van der Waals surface area contributed by atoms with Crippen LogP contribution in [0.15, 0.2) is 0 Å². The van der Waals surface area contributed by atoms with Crippen LogP contribution in [0, 0.1) is 5.92 Å². The predicted octanol–water partition coefficient (Wildman–Crippen LogP) is 3.59. The van der Waals surface area contributed by atoms with E-state index in [0.717, 1.165) is 49.3 Å². The van der Waals surface area contributed by atoms with Crippen LogP contribution in [-0.4, -0.2) is 63.5 Å². The Balaban J connectivity index is 2.74. The van der Waals surface area contributed by atoms with Crippen molar-refractivity contribution in [2.75, 3.05) is 39.8 Å². The van der Waals surface area contributed by atoms with E-state index in [2.05, 4.69) is 51.0 Å². The highest BCUT2D eigenvalue weighted by atomic mass is 28.3. The van der Waals surface area contributed by atoms with Crippen molar-refractivity contribution in [2.45, 2.75) is 65.1 Å². The number of ether oxygens (including phenoxy) is 1. The van der Waals surface area contributed by atoms with E-state index >= 15 is 0 Å². The van der Waals surface area contributed by atoms with Crippen LogP contribution in [0.4, 0.5) is 0 Å². The minimum absolute atomic E-state index is 0.0335. The monoisotopic (exact) mass is 342 g/mol. The summed E-state index contributed by atoms with van der Waals surface area (Å²) in [5.74, 6) is -0.128. The van der Waals surface area contributed by atoms with E-state index in [4.69, 9.17) is 4.74 Å². The molecule has 1 atom stereocenters. The highest BCUT2D eigenvalue weighted by molar-refractivity contribution is 6.81. The second-order valence-electron chi connectivity index (χ2n) is 8.06. The van der Waals surface area contributed by atoms with Crippen molar-refractivity contribution in [3.63, 3.8) is 0 Å². The van der Waals surface area contributed by atoms with Crippen LogP contribution in [0.5, 0.6) is 0 Å². The number of esters is 1. The van der Waals surface area contributed by atoms with Gasteiger partial charge in [0.1, 0.15) is 8.24 Å². The zero-order valence-electron chi connectivity index (χ0n) is 16.6. The Morgan fingerprint density at radius 1 is 0.913 bits per heavy atom. The molecule has 0 aliphatic carbocycles. The van der Waals surface area contributed by atoms with E-state index in [0.29, 0.717) is 0 Å². The summed E-state index contributed by atoms with van der Waals surface area (Å²) in [6.45, 7) is 21.8. The van der Waals surface area contributed by atoms with Gasteiger partial charge < -0.3 is 14.2 Å². The lowest BCUT2D eigenvalue weighted by molar-refractivity contribution is -0.145. The summed E-state index contributed by atoms with van der Waals surface area (Å²) in [4.78, 5) is 14.1. The molecule has 1 aliphatic rings. The summed E-state index contributed by atoms with van der Waals surface area (Å²) in [5.41, 5.74) is 2.30. The number of carbonyl (C=O) groups excluding carboxylic acids is 1. The summed E-state index contributed by atoms with van der Waals surface area (Å²) in [6, 6.07) is 0. The van der Waals surface area contributed by atoms with Crippen molar-refractivity contribution in [2.24, 2.45) is 5.92 Å². The molecule has 0 aromatic carbocycles. The highest BCUT2D eigenvalue weighted by Crippen LogP contribution is 2.44. The second kappa shape index (κ2) is 8.63. The van der Waals surface area contributed by atoms with E-state index in [1.165, 1.54) is 7.11 Å². The first kappa shape index (κ1) is 20.7. The molecule has 1 rings (SSSR count). The SMILES string of the molecule is COC(=O)C(C)CN1CCN([Si](C(C)C)(C(C)C)C(C)C)CC1. The van der Waals surface area contributed by atoms with Crippen molar-refractivity contribution in [1.82, 2.24) is 9.47 Å². The summed E-state index contributed by atoms with van der Waals surface area (Å²) in [7, 11) is -0.0331. The second-order valence-corrected chi connectivity index (χ2v) is 13.9. The molecule has 0 radical (unpaired) electrons. The summed E-state index contributed by atoms with van der Waals surface area (Å²) in [5, 5.41) is 0. The Morgan fingerprint density at radius 2 is 1.35 bits per heavy atom. The van der Waals surface area contributed by atoms with Crippen LogP contribution in [0.2, 0.25) is 16.6 Å². The van der Waals surface area contributed by atoms with Gasteiger partial charge in [0.15, 0.2) is 0 Å². The Morgan fingerprint density at radius 3 is 1.70 bits per heavy atom. The maximum absolute atomic E-state index is 11.6. The van der Waals surface area contributed by atoms with Gasteiger partial charge in [-0.15, -0.1) is 0 Å². The molecule has 0 saturated carbocycles. The number of methoxy groups -OCH3 is 1. The third kappa shape index (κ3) is 4.37. The number of hydrogen-bond acceptors (Lipinski definition) is 4. The van der Waals surface area contributed by atoms with E-state index in [1.54, 1.807) is 0 Å². The van der Waals surface area contributed by atoms with E-state index in [-0.39, 0.29) is 11.9 Å². The first-order valence-corrected chi connectivity index (χ1v) is 11.4. The predicted molar refractivity (Wildman–Crippen MR) is 100 cm³/mol. The molecule has 0 aromatic rings. The van der Waals surface area contributed by atoms with Gasteiger partial charge in [0.25, 0.3) is 0 Å². The highest BCUT2D eigenvalue weighted by Gasteiger charge is 2.48. The molecule has 5 heteroatoms. The third-order valence-corrected chi connectivity index (χ3v) is 12.9. The number of hydrogen-bond donors (Lipinski definition) is 0. The van der Waals surface area contributed by atoms with Crippen LogP contribution in [0.25, 0.3) is 0 Å². The maximum atomic E-state index is 11.6. The lowest BCUT2D eigenvalue weighted by Gasteiger charge is -2.53. The maximum Gasteiger partial charge on any atom is 0.309 e. The fourth-order valence-corrected chi connectivity index (χ4v) is 12.2. The third-order valence-electron chi connectivity index (χ3n) is 5.83. The molecule has 0 bridgehead atoms. The molecule has 1 heterocycles. The van der Waals surface area contributed by atoms with Crippen LogP contribution in [0.1, 0.15) is 48.5 Å². The van der Waals surface area contributed by atoms with Crippen LogP contribution in [-0.2, 0) is 9.53 Å². The van der Waals surface area contributed by atoms with Gasteiger partial charge in [-0.2, -0.15) is 0 Å². The fraction of sp³-hybridized carbons (Fsp3) is 0.944. The lowest BCUT2D eigenvalue weighted by Crippen LogP contribution is -2.65. The van der Waals surface area contributed by atoms with Gasteiger partial charge in [0.05, 0.1) is 13.0 Å². The molecular weight excluding hydrogens is 304 g/mol. The largest absolute Gasteiger partial charge is 0.469 e. The van der Waals surface area contributed by atoms with E-state index in [1.807, 2.05) is 6.92 Å². The quantitative estimate of drug-likeness (QED) is 0.523. The molecular formula is C18H38N2O2Si. The molecule has 1 unspecified atom stereocenters. The first-order chi connectivity index (χ1) is 10.7. The average Bonchev–Trinajstić information content (AvgIpc) is 2.47. The molecule has 0 aromatic heterocycles. The smallest absolute Gasteiger partial charge is 0.309 e. The zero-order valence-corrected chi connectivity index (χ0v) is 17.6.